The van der Waals surface area contributed by atoms with E-state index in [0.29, 0.717) is 11.9 Å². The number of hydrogen-bond donors (Lipinski definition) is 4. The zero-order valence-corrected chi connectivity index (χ0v) is 30.8. The first-order valence-corrected chi connectivity index (χ1v) is 18.4. The number of likely N-dealkylation sites (tertiary alicyclic amines) is 2. The lowest BCUT2D eigenvalue weighted by atomic mass is 9.98. The van der Waals surface area contributed by atoms with Crippen molar-refractivity contribution in [3.05, 3.63) is 71.5 Å². The summed E-state index contributed by atoms with van der Waals surface area (Å²) in [5.74, 6) is -0.441. The lowest BCUT2D eigenvalue weighted by Crippen LogP contribution is -2.18. The van der Waals surface area contributed by atoms with Crippen LogP contribution in [-0.2, 0) is 24.6 Å². The molecule has 2 aromatic carbocycles. The fraction of sp³-hybridized carbons (Fsp3) is 0.500. The van der Waals surface area contributed by atoms with Crippen LogP contribution in [0.2, 0.25) is 0 Å². The van der Waals surface area contributed by atoms with E-state index < -0.39 is 24.7 Å². The molecule has 2 aliphatic rings. The molecule has 0 aromatic heterocycles. The molecule has 11 nitrogen and oxygen atoms in total. The van der Waals surface area contributed by atoms with E-state index in [1.54, 1.807) is 24.2 Å². The Morgan fingerprint density at radius 2 is 1.68 bits per heavy atom. The van der Waals surface area contributed by atoms with Crippen molar-refractivity contribution in [3.8, 4) is 0 Å². The summed E-state index contributed by atoms with van der Waals surface area (Å²) in [7, 11) is -1.64. The Labute approximate surface area is 295 Å². The van der Waals surface area contributed by atoms with E-state index in [4.69, 9.17) is 15.5 Å². The minimum Gasteiger partial charge on any atom is -0.394 e. The van der Waals surface area contributed by atoms with Crippen LogP contribution in [0.15, 0.2) is 60.3 Å². The number of amides is 2. The molecular weight excluding hydrogens is 669 g/mol. The molecule has 0 bridgehead atoms. The summed E-state index contributed by atoms with van der Waals surface area (Å²) in [5, 5.41) is 3.67. The van der Waals surface area contributed by atoms with Crippen LogP contribution in [0.5, 0.6) is 0 Å². The van der Waals surface area contributed by atoms with Gasteiger partial charge in [-0.25, -0.2) is 0 Å². The largest absolute Gasteiger partial charge is 0.399 e. The zero-order chi connectivity index (χ0) is 38.2. The molecule has 5 N–H and O–H groups in total. The number of nitrogens with two attached hydrogens (primary N) is 1. The number of nitrogens with zero attached hydrogens (tertiary/aromatic N) is 2. The number of primary amides is 1. The maximum Gasteiger partial charge on any atom is 0.399 e. The molecule has 2 aromatic rings. The third-order valence-electron chi connectivity index (χ3n) is 7.64. The topological polar surface area (TPSA) is 170 Å². The summed E-state index contributed by atoms with van der Waals surface area (Å²) in [4.78, 5) is 63.2. The van der Waals surface area contributed by atoms with E-state index >= 15 is 0 Å². The first-order chi connectivity index (χ1) is 23.7. The van der Waals surface area contributed by atoms with E-state index in [0.717, 1.165) is 62.5 Å². The maximum absolute atomic E-state index is 13.6. The Morgan fingerprint density at radius 1 is 1.04 bits per heavy atom. The van der Waals surface area contributed by atoms with Gasteiger partial charge >= 0.3 is 13.3 Å². The van der Waals surface area contributed by atoms with Crippen molar-refractivity contribution in [2.45, 2.75) is 71.4 Å². The molecule has 2 saturated heterocycles. The second kappa shape index (κ2) is 25.2. The van der Waals surface area contributed by atoms with Crippen LogP contribution in [0.4, 0.5) is 8.78 Å². The van der Waals surface area contributed by atoms with Gasteiger partial charge in [0.25, 0.3) is 0 Å². The van der Waals surface area contributed by atoms with Crippen molar-refractivity contribution in [2.75, 3.05) is 40.3 Å². The van der Waals surface area contributed by atoms with Gasteiger partial charge in [0.05, 0.1) is 0 Å². The Balaban J connectivity index is 0.000000698. The molecular formula is C36H55F2N4O7P. The molecule has 0 aliphatic carbocycles. The number of halogens is 2. The van der Waals surface area contributed by atoms with Gasteiger partial charge in [-0.1, -0.05) is 51.8 Å². The number of allylic oxidation sites excluding steroid dienone is 2. The molecule has 2 fully saturated rings. The van der Waals surface area contributed by atoms with Crippen molar-refractivity contribution in [1.29, 1.82) is 0 Å². The highest BCUT2D eigenvalue weighted by Crippen LogP contribution is 2.59. The molecule has 1 atom stereocenters. The SMILES string of the molecule is CC.CCCCCC=O.CN/C=C\C(=C/C=O)C1CCN(C=O)C1.CN1CCCC1.NC(=O)c1ccc2ccc(C(F)(F)P(=O)(O)O)cc2c1. The molecule has 280 valence electrons. The number of nitrogens with one attached hydrogen (secondary N) is 1. The average Bonchev–Trinajstić information content (AvgIpc) is 3.79. The van der Waals surface area contributed by atoms with Crippen LogP contribution in [-0.4, -0.2) is 84.8 Å². The smallest absolute Gasteiger partial charge is 0.394 e. The van der Waals surface area contributed by atoms with Gasteiger partial charge in [0.15, 0.2) is 0 Å². The average molecular weight is 725 g/mol. The monoisotopic (exact) mass is 724 g/mol. The van der Waals surface area contributed by atoms with Crippen LogP contribution in [0, 0.1) is 5.92 Å². The highest BCUT2D eigenvalue weighted by Gasteiger charge is 2.50. The number of aldehydes is 2. The van der Waals surface area contributed by atoms with Gasteiger partial charge in [-0.05, 0) is 98.7 Å². The summed E-state index contributed by atoms with van der Waals surface area (Å²) in [6, 6.07) is 7.39. The first kappa shape index (κ1) is 46.2. The lowest BCUT2D eigenvalue weighted by molar-refractivity contribution is -0.117. The van der Waals surface area contributed by atoms with Crippen molar-refractivity contribution < 1.29 is 42.3 Å². The van der Waals surface area contributed by atoms with Gasteiger partial charge in [-0.2, -0.15) is 8.78 Å². The van der Waals surface area contributed by atoms with Crippen LogP contribution < -0.4 is 11.1 Å². The minimum absolute atomic E-state index is 0.120. The third kappa shape index (κ3) is 16.8. The van der Waals surface area contributed by atoms with Gasteiger partial charge in [0.2, 0.25) is 12.3 Å². The van der Waals surface area contributed by atoms with E-state index in [1.165, 1.54) is 63.0 Å². The van der Waals surface area contributed by atoms with Gasteiger partial charge in [-0.15, -0.1) is 0 Å². The number of benzene rings is 2. The Morgan fingerprint density at radius 3 is 2.14 bits per heavy atom. The lowest BCUT2D eigenvalue weighted by Gasteiger charge is -2.18. The number of unbranched alkanes of at least 4 members (excludes halogenated alkanes) is 3. The quantitative estimate of drug-likeness (QED) is 0.0675. The van der Waals surface area contributed by atoms with E-state index in [9.17, 15) is 32.5 Å². The minimum atomic E-state index is -5.62. The van der Waals surface area contributed by atoms with Gasteiger partial charge in [0.1, 0.15) is 12.6 Å². The normalized spacial score (nSPS) is 16.1. The van der Waals surface area contributed by atoms with Crippen molar-refractivity contribution in [2.24, 2.45) is 11.7 Å². The fourth-order valence-corrected chi connectivity index (χ4v) is 5.32. The summed E-state index contributed by atoms with van der Waals surface area (Å²) in [6.07, 6.45) is 15.8. The number of fused-ring (bicyclic) bond motifs is 1. The number of carbonyl (C=O) groups excluding carboxylic acids is 4. The van der Waals surface area contributed by atoms with Gasteiger partial charge in [-0.3, -0.25) is 18.9 Å². The molecule has 14 heteroatoms. The van der Waals surface area contributed by atoms with Crippen molar-refractivity contribution in [1.82, 2.24) is 15.1 Å². The van der Waals surface area contributed by atoms with Crippen molar-refractivity contribution in [3.63, 3.8) is 0 Å². The Kier molecular flexibility index (Phi) is 23.3. The molecule has 0 saturated carbocycles. The standard InChI is InChI=1S/C12H10F2NO4P.C11H16N2O2.C6H12O.C5H11N.C2H6/c13-12(14,20(17,18)19)10-4-3-7-1-2-8(11(15)16)5-9(7)6-10;1-12-5-2-10(4-7-14)11-3-6-13(8-11)9-15;1-2-3-4-5-6-7;1-6-4-2-3-5-6;1-2/h1-6H,(H2,15,16)(H2,17,18,19);2,4-5,7,9,11-12H,3,6,8H2,1H3;6H,2-5H2,1H3;2-5H2,1H3;1-2H3/b;5-2-,10-4+;;;. The summed E-state index contributed by atoms with van der Waals surface area (Å²) in [5.41, 5.74) is 1.07. The highest BCUT2D eigenvalue weighted by molar-refractivity contribution is 7.52. The van der Waals surface area contributed by atoms with Gasteiger partial charge in [0, 0.05) is 43.6 Å². The molecule has 2 heterocycles. The summed E-state index contributed by atoms with van der Waals surface area (Å²) in [6.45, 7) is 10.2. The van der Waals surface area contributed by atoms with E-state index in [2.05, 4.69) is 24.2 Å². The number of rotatable bonds is 12. The van der Waals surface area contributed by atoms with Crippen LogP contribution in [0.3, 0.4) is 0 Å². The highest BCUT2D eigenvalue weighted by atomic mass is 31.2. The molecule has 0 radical (unpaired) electrons. The first-order valence-electron chi connectivity index (χ1n) is 16.8. The zero-order valence-electron chi connectivity index (χ0n) is 29.9. The molecule has 2 amide bonds. The molecule has 50 heavy (non-hydrogen) atoms. The number of alkyl halides is 2. The van der Waals surface area contributed by atoms with Crippen LogP contribution in [0.25, 0.3) is 10.8 Å². The Hall–Kier alpha value is -3.77. The van der Waals surface area contributed by atoms with E-state index in [1.807, 2.05) is 19.9 Å². The third-order valence-corrected chi connectivity index (χ3v) is 8.63. The second-order valence-electron chi connectivity index (χ2n) is 11.4. The van der Waals surface area contributed by atoms with E-state index in [-0.39, 0.29) is 16.9 Å². The predicted molar refractivity (Wildman–Crippen MR) is 195 cm³/mol. The number of carbonyl (C=O) groups is 4. The Bertz CT molecular complexity index is 1430. The molecule has 4 rings (SSSR count). The molecule has 0 spiro atoms. The van der Waals surface area contributed by atoms with Crippen LogP contribution in [0.1, 0.15) is 81.6 Å². The predicted octanol–water partition coefficient (Wildman–Crippen LogP) is 5.99. The molecule has 2 aliphatic heterocycles. The fourth-order valence-electron chi connectivity index (χ4n) is 4.85. The van der Waals surface area contributed by atoms with Crippen LogP contribution >= 0.6 is 7.60 Å². The number of hydrogen-bond acceptors (Lipinski definition) is 7. The summed E-state index contributed by atoms with van der Waals surface area (Å²) < 4.78 is 38.0. The maximum atomic E-state index is 13.6. The van der Waals surface area contributed by atoms with Gasteiger partial charge < -0.3 is 35.4 Å². The molecule has 1 unspecified atom stereocenters. The van der Waals surface area contributed by atoms with Crippen molar-refractivity contribution >= 4 is 43.3 Å². The second-order valence-corrected chi connectivity index (χ2v) is 13.1. The summed E-state index contributed by atoms with van der Waals surface area (Å²) >= 11 is 0.